The lowest BCUT2D eigenvalue weighted by Crippen LogP contribution is -2.42. The molecule has 0 aromatic heterocycles. The van der Waals surface area contributed by atoms with Gasteiger partial charge in [0.2, 0.25) is 5.90 Å². The van der Waals surface area contributed by atoms with Crippen LogP contribution in [-0.2, 0) is 4.74 Å². The van der Waals surface area contributed by atoms with Crippen molar-refractivity contribution in [3.05, 3.63) is 36.2 Å². The van der Waals surface area contributed by atoms with E-state index in [1.165, 1.54) is 12.2 Å². The number of hydrogen-bond acceptors (Lipinski definition) is 6. The zero-order chi connectivity index (χ0) is 15.4. The number of rotatable bonds is 3. The van der Waals surface area contributed by atoms with E-state index in [0.29, 0.717) is 17.3 Å². The highest BCUT2D eigenvalue weighted by molar-refractivity contribution is 5.92. The zero-order valence-corrected chi connectivity index (χ0v) is 12.0. The van der Waals surface area contributed by atoms with E-state index in [-0.39, 0.29) is 0 Å². The van der Waals surface area contributed by atoms with Crippen LogP contribution < -0.4 is 15.9 Å². The monoisotopic (exact) mass is 291 g/mol. The Labute approximate surface area is 122 Å². The zero-order valence-electron chi connectivity index (χ0n) is 12.0. The number of nitrogens with one attached hydrogen (secondary N) is 2. The predicted octanol–water partition coefficient (Wildman–Crippen LogP) is 1.46. The molecule has 2 rings (SSSR count). The van der Waals surface area contributed by atoms with Gasteiger partial charge in [0.25, 0.3) is 0 Å². The predicted molar refractivity (Wildman–Crippen MR) is 79.9 cm³/mol. The van der Waals surface area contributed by atoms with Crippen molar-refractivity contribution in [2.45, 2.75) is 0 Å². The average molecular weight is 291 g/mol. The summed E-state index contributed by atoms with van der Waals surface area (Å²) < 4.78 is 5.17. The third-order valence-corrected chi connectivity index (χ3v) is 2.74. The maximum Gasteiger partial charge on any atom is 0.409 e. The third-order valence-electron chi connectivity index (χ3n) is 2.74. The Morgan fingerprint density at radius 2 is 2.14 bits per heavy atom. The van der Waals surface area contributed by atoms with Gasteiger partial charge in [-0.2, -0.15) is 5.12 Å². The van der Waals surface area contributed by atoms with E-state index in [2.05, 4.69) is 15.8 Å². The summed E-state index contributed by atoms with van der Waals surface area (Å²) in [6.07, 6.45) is 0.600. The number of carbonyl (C=O) groups is 1. The highest BCUT2D eigenvalue weighted by Gasteiger charge is 2.19. The van der Waals surface area contributed by atoms with Crippen LogP contribution in [0.3, 0.4) is 0 Å². The third kappa shape index (κ3) is 3.35. The van der Waals surface area contributed by atoms with Gasteiger partial charge in [-0.15, -0.1) is 5.10 Å². The molecule has 3 N–H and O–H groups in total. The standard InChI is InChI=1S/C13H17N5O3/c1-17(2)11-8-12(21-3)16-18(15-11)10-7-5-4-6-9(10)14-13(19)20/h4-8,14-15H,1-3H3,(H,19,20). The molecule has 1 aromatic rings. The van der Waals surface area contributed by atoms with Crippen LogP contribution >= 0.6 is 0 Å². The van der Waals surface area contributed by atoms with Crippen LogP contribution in [0.1, 0.15) is 0 Å². The number of benzene rings is 1. The van der Waals surface area contributed by atoms with Crippen molar-refractivity contribution in [2.75, 3.05) is 31.6 Å². The number of anilines is 2. The van der Waals surface area contributed by atoms with E-state index in [1.807, 2.05) is 19.0 Å². The van der Waals surface area contributed by atoms with Crippen molar-refractivity contribution in [1.82, 2.24) is 10.3 Å². The summed E-state index contributed by atoms with van der Waals surface area (Å²) in [7, 11) is 5.27. The largest absolute Gasteiger partial charge is 0.480 e. The summed E-state index contributed by atoms with van der Waals surface area (Å²) in [5.74, 6) is 1.16. The molecule has 0 radical (unpaired) electrons. The van der Waals surface area contributed by atoms with Crippen molar-refractivity contribution in [1.29, 1.82) is 0 Å². The van der Waals surface area contributed by atoms with Gasteiger partial charge in [0.1, 0.15) is 11.5 Å². The molecule has 1 aliphatic heterocycles. The van der Waals surface area contributed by atoms with Crippen LogP contribution in [0.5, 0.6) is 0 Å². The van der Waals surface area contributed by atoms with Crippen LogP contribution in [0.4, 0.5) is 16.2 Å². The highest BCUT2D eigenvalue weighted by atomic mass is 16.5. The Hall–Kier alpha value is -2.90. The van der Waals surface area contributed by atoms with Gasteiger partial charge >= 0.3 is 6.09 Å². The number of hydrazone groups is 1. The van der Waals surface area contributed by atoms with Crippen molar-refractivity contribution < 1.29 is 14.6 Å². The first-order chi connectivity index (χ1) is 10.0. The Morgan fingerprint density at radius 1 is 1.43 bits per heavy atom. The minimum atomic E-state index is -1.14. The minimum Gasteiger partial charge on any atom is -0.480 e. The second kappa shape index (κ2) is 6.04. The molecular formula is C13H17N5O3. The van der Waals surface area contributed by atoms with Gasteiger partial charge < -0.3 is 14.7 Å². The summed E-state index contributed by atoms with van der Waals surface area (Å²) in [5.41, 5.74) is 4.04. The van der Waals surface area contributed by atoms with Gasteiger partial charge in [-0.1, -0.05) is 12.1 Å². The van der Waals surface area contributed by atoms with Crippen molar-refractivity contribution >= 4 is 23.4 Å². The highest BCUT2D eigenvalue weighted by Crippen LogP contribution is 2.26. The van der Waals surface area contributed by atoms with E-state index in [4.69, 9.17) is 9.84 Å². The molecule has 1 amide bonds. The van der Waals surface area contributed by atoms with Gasteiger partial charge in [0.15, 0.2) is 0 Å². The van der Waals surface area contributed by atoms with Crippen molar-refractivity contribution in [3.8, 4) is 0 Å². The fourth-order valence-electron chi connectivity index (χ4n) is 1.73. The van der Waals surface area contributed by atoms with Crippen molar-refractivity contribution in [2.24, 2.45) is 5.10 Å². The van der Waals surface area contributed by atoms with Crippen LogP contribution in [0.25, 0.3) is 0 Å². The van der Waals surface area contributed by atoms with E-state index in [9.17, 15) is 4.79 Å². The molecule has 0 saturated carbocycles. The lowest BCUT2D eigenvalue weighted by Gasteiger charge is -2.30. The smallest absolute Gasteiger partial charge is 0.409 e. The molecule has 8 heteroatoms. The molecule has 112 valence electrons. The summed E-state index contributed by atoms with van der Waals surface area (Å²) in [6, 6.07) is 6.93. The van der Waals surface area contributed by atoms with Gasteiger partial charge in [0.05, 0.1) is 12.8 Å². The molecule has 1 aromatic carbocycles. The molecule has 1 aliphatic rings. The van der Waals surface area contributed by atoms with Crippen molar-refractivity contribution in [3.63, 3.8) is 0 Å². The summed E-state index contributed by atoms with van der Waals surface area (Å²) in [5, 5.41) is 16.9. The molecule has 0 unspecified atom stereocenters. The first-order valence-corrected chi connectivity index (χ1v) is 6.18. The fourth-order valence-corrected chi connectivity index (χ4v) is 1.73. The molecular weight excluding hydrogens is 274 g/mol. The molecule has 0 fully saturated rings. The lowest BCUT2D eigenvalue weighted by molar-refractivity contribution is 0.210. The topological polar surface area (TPSA) is 89.4 Å². The quantitative estimate of drug-likeness (QED) is 0.781. The SMILES string of the molecule is COC1=NN(c2ccccc2NC(=O)O)NC(N(C)C)=C1. The Bertz CT molecular complexity index is 597. The van der Waals surface area contributed by atoms with Gasteiger partial charge in [0, 0.05) is 20.2 Å². The second-order valence-corrected chi connectivity index (χ2v) is 4.44. The molecule has 0 atom stereocenters. The first kappa shape index (κ1) is 14.5. The van der Waals surface area contributed by atoms with E-state index in [1.54, 1.807) is 30.3 Å². The molecule has 0 bridgehead atoms. The molecule has 1 heterocycles. The maximum atomic E-state index is 10.9. The number of carboxylic acid groups (broad SMARTS) is 1. The Kier molecular flexibility index (Phi) is 4.17. The first-order valence-electron chi connectivity index (χ1n) is 6.18. The van der Waals surface area contributed by atoms with Crippen LogP contribution in [0, 0.1) is 0 Å². The lowest BCUT2D eigenvalue weighted by atomic mass is 10.2. The summed E-state index contributed by atoms with van der Waals surface area (Å²) in [6.45, 7) is 0. The Balaban J connectivity index is 2.36. The van der Waals surface area contributed by atoms with Gasteiger partial charge in [-0.25, -0.2) is 4.79 Å². The number of amides is 1. The summed E-state index contributed by atoms with van der Waals surface area (Å²) in [4.78, 5) is 12.7. The molecule has 8 nitrogen and oxygen atoms in total. The van der Waals surface area contributed by atoms with E-state index in [0.717, 1.165) is 5.82 Å². The van der Waals surface area contributed by atoms with E-state index < -0.39 is 6.09 Å². The van der Waals surface area contributed by atoms with Crippen LogP contribution in [-0.4, -0.2) is 43.2 Å². The molecule has 21 heavy (non-hydrogen) atoms. The minimum absolute atomic E-state index is 0.405. The average Bonchev–Trinajstić information content (AvgIpc) is 2.46. The molecule has 0 saturated heterocycles. The number of methoxy groups -OCH3 is 1. The molecule has 0 aliphatic carbocycles. The molecule has 0 spiro atoms. The number of para-hydroxylation sites is 2. The number of ether oxygens (including phenoxy) is 1. The normalized spacial score (nSPS) is 13.8. The maximum absolute atomic E-state index is 10.9. The Morgan fingerprint density at radius 3 is 2.76 bits per heavy atom. The number of hydrogen-bond donors (Lipinski definition) is 3. The van der Waals surface area contributed by atoms with Crippen LogP contribution in [0.15, 0.2) is 41.3 Å². The summed E-state index contributed by atoms with van der Waals surface area (Å²) >= 11 is 0. The van der Waals surface area contributed by atoms with E-state index >= 15 is 0 Å². The fraction of sp³-hybridized carbons (Fsp3) is 0.231. The number of hydrazine groups is 1. The van der Waals surface area contributed by atoms with Gasteiger partial charge in [-0.05, 0) is 12.1 Å². The van der Waals surface area contributed by atoms with Crippen LogP contribution in [0.2, 0.25) is 0 Å². The van der Waals surface area contributed by atoms with Gasteiger partial charge in [-0.3, -0.25) is 10.7 Å². The second-order valence-electron chi connectivity index (χ2n) is 4.44. The number of nitrogens with zero attached hydrogens (tertiary/aromatic N) is 3.